The van der Waals surface area contributed by atoms with Crippen LogP contribution in [-0.2, 0) is 0 Å². The van der Waals surface area contributed by atoms with Crippen LogP contribution in [0.1, 0.15) is 17.2 Å². The second-order valence-electron chi connectivity index (χ2n) is 4.69. The second-order valence-corrected chi connectivity index (χ2v) is 5.09. The standard InChI is InChI=1S/C16H13ClFN3/c17-14-10-20-21(16(14)19)15(11-4-2-1-3-5-11)12-6-8-13(18)9-7-12/h1-10,15H,19H2. The molecule has 1 unspecified atom stereocenters. The third kappa shape index (κ3) is 2.62. The second kappa shape index (κ2) is 5.58. The summed E-state index contributed by atoms with van der Waals surface area (Å²) in [6.45, 7) is 0. The van der Waals surface area contributed by atoms with E-state index in [9.17, 15) is 4.39 Å². The Hall–Kier alpha value is -2.33. The quantitative estimate of drug-likeness (QED) is 0.797. The van der Waals surface area contributed by atoms with Crippen LogP contribution in [0.4, 0.5) is 10.2 Å². The maximum atomic E-state index is 13.2. The summed E-state index contributed by atoms with van der Waals surface area (Å²) in [5.41, 5.74) is 7.88. The highest BCUT2D eigenvalue weighted by Crippen LogP contribution is 2.31. The highest BCUT2D eigenvalue weighted by atomic mass is 35.5. The number of nitrogens with zero attached hydrogens (tertiary/aromatic N) is 2. The molecule has 1 aromatic heterocycles. The Labute approximate surface area is 126 Å². The van der Waals surface area contributed by atoms with Crippen molar-refractivity contribution in [3.63, 3.8) is 0 Å². The fraction of sp³-hybridized carbons (Fsp3) is 0.0625. The molecule has 0 aliphatic carbocycles. The molecule has 0 radical (unpaired) electrons. The molecule has 106 valence electrons. The molecule has 0 amide bonds. The zero-order valence-electron chi connectivity index (χ0n) is 11.1. The van der Waals surface area contributed by atoms with Crippen LogP contribution >= 0.6 is 11.6 Å². The summed E-state index contributed by atoms with van der Waals surface area (Å²) in [5.74, 6) is 0.104. The van der Waals surface area contributed by atoms with Crippen molar-refractivity contribution in [3.8, 4) is 0 Å². The molecule has 5 heteroatoms. The van der Waals surface area contributed by atoms with Crippen LogP contribution in [0.2, 0.25) is 5.02 Å². The third-order valence-corrected chi connectivity index (χ3v) is 3.62. The van der Waals surface area contributed by atoms with Crippen molar-refractivity contribution < 1.29 is 4.39 Å². The lowest BCUT2D eigenvalue weighted by Crippen LogP contribution is -2.16. The van der Waals surface area contributed by atoms with E-state index >= 15 is 0 Å². The van der Waals surface area contributed by atoms with Gasteiger partial charge < -0.3 is 5.73 Å². The topological polar surface area (TPSA) is 43.8 Å². The van der Waals surface area contributed by atoms with Gasteiger partial charge in [0.05, 0.1) is 6.20 Å². The van der Waals surface area contributed by atoms with Gasteiger partial charge in [-0.25, -0.2) is 9.07 Å². The lowest BCUT2D eigenvalue weighted by atomic mass is 9.99. The van der Waals surface area contributed by atoms with Crippen molar-refractivity contribution >= 4 is 17.4 Å². The molecule has 3 aromatic rings. The number of halogens is 2. The predicted molar refractivity (Wildman–Crippen MR) is 81.7 cm³/mol. The Morgan fingerprint density at radius 1 is 1.00 bits per heavy atom. The van der Waals surface area contributed by atoms with E-state index < -0.39 is 0 Å². The summed E-state index contributed by atoms with van der Waals surface area (Å²) in [4.78, 5) is 0. The molecule has 1 atom stereocenters. The van der Waals surface area contributed by atoms with Crippen molar-refractivity contribution in [1.82, 2.24) is 9.78 Å². The van der Waals surface area contributed by atoms with E-state index in [0.717, 1.165) is 11.1 Å². The molecule has 0 aliphatic heterocycles. The van der Waals surface area contributed by atoms with Gasteiger partial charge in [-0.05, 0) is 23.3 Å². The molecule has 0 spiro atoms. The molecular weight excluding hydrogens is 289 g/mol. The Bertz CT molecular complexity index is 738. The monoisotopic (exact) mass is 301 g/mol. The number of rotatable bonds is 3. The van der Waals surface area contributed by atoms with Crippen molar-refractivity contribution in [2.75, 3.05) is 5.73 Å². The summed E-state index contributed by atoms with van der Waals surface area (Å²) in [6.07, 6.45) is 1.51. The molecule has 3 rings (SSSR count). The van der Waals surface area contributed by atoms with E-state index in [1.807, 2.05) is 30.3 Å². The first-order valence-corrected chi connectivity index (χ1v) is 6.83. The Balaban J connectivity index is 2.16. The first kappa shape index (κ1) is 13.6. The summed E-state index contributed by atoms with van der Waals surface area (Å²) >= 11 is 6.01. The molecule has 2 N–H and O–H groups in total. The number of nitrogen functional groups attached to an aromatic ring is 1. The predicted octanol–water partition coefficient (Wildman–Crippen LogP) is 3.90. The Morgan fingerprint density at radius 2 is 1.62 bits per heavy atom. The van der Waals surface area contributed by atoms with Crippen molar-refractivity contribution in [2.45, 2.75) is 6.04 Å². The van der Waals surface area contributed by atoms with Gasteiger partial charge in [0.2, 0.25) is 0 Å². The zero-order valence-corrected chi connectivity index (χ0v) is 11.8. The largest absolute Gasteiger partial charge is 0.383 e. The minimum Gasteiger partial charge on any atom is -0.383 e. The number of hydrogen-bond donors (Lipinski definition) is 1. The SMILES string of the molecule is Nc1c(Cl)cnn1C(c1ccccc1)c1ccc(F)cc1. The van der Waals surface area contributed by atoms with Crippen LogP contribution < -0.4 is 5.73 Å². The molecule has 2 aromatic carbocycles. The summed E-state index contributed by atoms with van der Waals surface area (Å²) in [7, 11) is 0. The Kier molecular flexibility index (Phi) is 3.62. The van der Waals surface area contributed by atoms with Crippen LogP contribution in [0.3, 0.4) is 0 Å². The molecule has 0 saturated carbocycles. The van der Waals surface area contributed by atoms with Gasteiger partial charge in [0, 0.05) is 0 Å². The number of nitrogens with two attached hydrogens (primary N) is 1. The van der Waals surface area contributed by atoms with Crippen LogP contribution in [0.5, 0.6) is 0 Å². The van der Waals surface area contributed by atoms with Crippen LogP contribution in [0.15, 0.2) is 60.8 Å². The van der Waals surface area contributed by atoms with Crippen LogP contribution in [0.25, 0.3) is 0 Å². The summed E-state index contributed by atoms with van der Waals surface area (Å²) in [5, 5.41) is 4.66. The summed E-state index contributed by atoms with van der Waals surface area (Å²) < 4.78 is 14.8. The first-order chi connectivity index (χ1) is 10.2. The summed E-state index contributed by atoms with van der Waals surface area (Å²) in [6, 6.07) is 15.8. The van der Waals surface area contributed by atoms with Crippen LogP contribution in [0, 0.1) is 5.82 Å². The van der Waals surface area contributed by atoms with Crippen LogP contribution in [-0.4, -0.2) is 9.78 Å². The number of benzene rings is 2. The van der Waals surface area contributed by atoms with Gasteiger partial charge in [-0.2, -0.15) is 5.10 Å². The van der Waals surface area contributed by atoms with Gasteiger partial charge in [0.15, 0.2) is 0 Å². The van der Waals surface area contributed by atoms with Crippen molar-refractivity contribution in [2.24, 2.45) is 0 Å². The average molecular weight is 302 g/mol. The normalized spacial score (nSPS) is 12.3. The lowest BCUT2D eigenvalue weighted by molar-refractivity contribution is 0.597. The third-order valence-electron chi connectivity index (χ3n) is 3.33. The van der Waals surface area contributed by atoms with E-state index in [4.69, 9.17) is 17.3 Å². The molecule has 0 bridgehead atoms. The van der Waals surface area contributed by atoms with Gasteiger partial charge in [-0.15, -0.1) is 0 Å². The van der Waals surface area contributed by atoms with Gasteiger partial charge >= 0.3 is 0 Å². The fourth-order valence-electron chi connectivity index (χ4n) is 2.31. The van der Waals surface area contributed by atoms with Gasteiger partial charge in [-0.1, -0.05) is 54.1 Å². The first-order valence-electron chi connectivity index (χ1n) is 6.45. The number of hydrogen-bond acceptors (Lipinski definition) is 2. The van der Waals surface area contributed by atoms with Gasteiger partial charge in [-0.3, -0.25) is 0 Å². The minimum atomic E-state index is -0.281. The highest BCUT2D eigenvalue weighted by Gasteiger charge is 2.20. The molecule has 0 fully saturated rings. The van der Waals surface area contributed by atoms with Crippen molar-refractivity contribution in [3.05, 3.63) is 82.8 Å². The number of aromatic nitrogens is 2. The smallest absolute Gasteiger partial charge is 0.141 e. The maximum absolute atomic E-state index is 13.2. The van der Waals surface area contributed by atoms with E-state index in [1.165, 1.54) is 18.3 Å². The molecule has 3 nitrogen and oxygen atoms in total. The maximum Gasteiger partial charge on any atom is 0.141 e. The molecular formula is C16H13ClFN3. The molecule has 0 saturated heterocycles. The Morgan fingerprint density at radius 3 is 2.19 bits per heavy atom. The van der Waals surface area contributed by atoms with Gasteiger partial charge in [0.1, 0.15) is 22.7 Å². The zero-order chi connectivity index (χ0) is 14.8. The van der Waals surface area contributed by atoms with Gasteiger partial charge in [0.25, 0.3) is 0 Å². The average Bonchev–Trinajstić information content (AvgIpc) is 2.83. The van der Waals surface area contributed by atoms with E-state index in [1.54, 1.807) is 16.8 Å². The van der Waals surface area contributed by atoms with E-state index in [2.05, 4.69) is 5.10 Å². The van der Waals surface area contributed by atoms with E-state index in [-0.39, 0.29) is 11.9 Å². The highest BCUT2D eigenvalue weighted by molar-refractivity contribution is 6.32. The van der Waals surface area contributed by atoms with Crippen molar-refractivity contribution in [1.29, 1.82) is 0 Å². The minimum absolute atomic E-state index is 0.251. The molecule has 1 heterocycles. The number of anilines is 1. The fourth-order valence-corrected chi connectivity index (χ4v) is 2.44. The van der Waals surface area contributed by atoms with E-state index in [0.29, 0.717) is 10.8 Å². The lowest BCUT2D eigenvalue weighted by Gasteiger charge is -2.20. The molecule has 21 heavy (non-hydrogen) atoms. The molecule has 0 aliphatic rings.